The van der Waals surface area contributed by atoms with Crippen LogP contribution >= 0.6 is 0 Å². The van der Waals surface area contributed by atoms with Gasteiger partial charge in [-0.25, -0.2) is 0 Å². The summed E-state index contributed by atoms with van der Waals surface area (Å²) in [6.45, 7) is 1.57. The van der Waals surface area contributed by atoms with Crippen molar-refractivity contribution in [2.24, 2.45) is 0 Å². The normalized spacial score (nSPS) is 19.8. The third-order valence-corrected chi connectivity index (χ3v) is 3.98. The molecule has 1 fully saturated rings. The number of hydrogen-bond acceptors (Lipinski definition) is 4. The molecule has 1 atom stereocenters. The molecule has 2 rings (SSSR count). The Hall–Kier alpha value is -1.67. The molecule has 0 aliphatic carbocycles. The highest BCUT2D eigenvalue weighted by atomic mass is 19.4. The molecule has 1 aromatic carbocycles. The Balaban J connectivity index is 2.22. The third-order valence-electron chi connectivity index (χ3n) is 3.98. The van der Waals surface area contributed by atoms with Crippen LogP contribution in [0.2, 0.25) is 0 Å². The molecule has 5 nitrogen and oxygen atoms in total. The summed E-state index contributed by atoms with van der Waals surface area (Å²) in [5.41, 5.74) is -1.38. The highest BCUT2D eigenvalue weighted by Gasteiger charge is 2.36. The lowest BCUT2D eigenvalue weighted by Crippen LogP contribution is -2.31. The van der Waals surface area contributed by atoms with Crippen molar-refractivity contribution in [3.05, 3.63) is 39.4 Å². The number of alkyl halides is 3. The number of nitro groups is 1. The SMILES string of the molecule is CN(C)[C@@H]1CCN(Cc2ccc([N+](=O)[O-])cc2C(F)(F)F)C1. The lowest BCUT2D eigenvalue weighted by Gasteiger charge is -2.21. The van der Waals surface area contributed by atoms with Gasteiger partial charge >= 0.3 is 6.18 Å². The van der Waals surface area contributed by atoms with Crippen LogP contribution in [-0.2, 0) is 12.7 Å². The number of nitro benzene ring substituents is 1. The van der Waals surface area contributed by atoms with Crippen molar-refractivity contribution in [1.82, 2.24) is 9.80 Å². The van der Waals surface area contributed by atoms with Crippen molar-refractivity contribution in [2.75, 3.05) is 27.2 Å². The van der Waals surface area contributed by atoms with Crippen LogP contribution in [0.25, 0.3) is 0 Å². The predicted octanol–water partition coefficient (Wildman–Crippen LogP) is 2.75. The maximum Gasteiger partial charge on any atom is 0.416 e. The van der Waals surface area contributed by atoms with Crippen molar-refractivity contribution in [2.45, 2.75) is 25.2 Å². The molecule has 0 bridgehead atoms. The molecule has 0 radical (unpaired) electrons. The van der Waals surface area contributed by atoms with Gasteiger partial charge in [-0.1, -0.05) is 6.07 Å². The van der Waals surface area contributed by atoms with E-state index in [1.165, 1.54) is 6.07 Å². The first-order chi connectivity index (χ1) is 10.2. The molecule has 0 unspecified atom stereocenters. The van der Waals surface area contributed by atoms with Crippen LogP contribution in [0.1, 0.15) is 17.5 Å². The van der Waals surface area contributed by atoms with Crippen molar-refractivity contribution in [3.8, 4) is 0 Å². The van der Waals surface area contributed by atoms with E-state index in [4.69, 9.17) is 0 Å². The minimum Gasteiger partial charge on any atom is -0.305 e. The van der Waals surface area contributed by atoms with E-state index in [-0.39, 0.29) is 12.1 Å². The van der Waals surface area contributed by atoms with Crippen LogP contribution in [0.4, 0.5) is 18.9 Å². The van der Waals surface area contributed by atoms with Gasteiger partial charge in [0.15, 0.2) is 0 Å². The third kappa shape index (κ3) is 3.75. The highest BCUT2D eigenvalue weighted by molar-refractivity contribution is 5.41. The molecule has 1 aliphatic heterocycles. The number of likely N-dealkylation sites (tertiary alicyclic amines) is 1. The molecule has 0 spiro atoms. The van der Waals surface area contributed by atoms with Crippen LogP contribution in [0.5, 0.6) is 0 Å². The lowest BCUT2D eigenvalue weighted by atomic mass is 10.1. The maximum atomic E-state index is 13.1. The molecule has 0 aromatic heterocycles. The number of likely N-dealkylation sites (N-methyl/N-ethyl adjacent to an activating group) is 1. The van der Waals surface area contributed by atoms with Crippen LogP contribution in [-0.4, -0.2) is 47.9 Å². The zero-order chi connectivity index (χ0) is 16.5. The van der Waals surface area contributed by atoms with Crippen LogP contribution in [0, 0.1) is 10.1 Å². The average Bonchev–Trinajstić information content (AvgIpc) is 2.86. The smallest absolute Gasteiger partial charge is 0.305 e. The Morgan fingerprint density at radius 1 is 1.41 bits per heavy atom. The summed E-state index contributed by atoms with van der Waals surface area (Å²) < 4.78 is 39.4. The van der Waals surface area contributed by atoms with Crippen molar-refractivity contribution < 1.29 is 18.1 Å². The summed E-state index contributed by atoms with van der Waals surface area (Å²) in [7, 11) is 3.89. The molecule has 22 heavy (non-hydrogen) atoms. The molecule has 1 aromatic rings. The first-order valence-electron chi connectivity index (χ1n) is 6.92. The number of rotatable bonds is 4. The fourth-order valence-electron chi connectivity index (χ4n) is 2.70. The lowest BCUT2D eigenvalue weighted by molar-refractivity contribution is -0.385. The van der Waals surface area contributed by atoms with E-state index in [1.54, 1.807) is 0 Å². The number of benzene rings is 1. The minimum atomic E-state index is -4.60. The standard InChI is InChI=1S/C14H18F3N3O2/c1-18(2)12-5-6-19(9-12)8-10-3-4-11(20(21)22)7-13(10)14(15,16)17/h3-4,7,12H,5-6,8-9H2,1-2H3/t12-/m1/s1. The molecule has 8 heteroatoms. The molecule has 1 aliphatic rings. The first kappa shape index (κ1) is 16.7. The molecule has 1 saturated heterocycles. The van der Waals surface area contributed by atoms with Gasteiger partial charge in [0.25, 0.3) is 5.69 Å². The molecular weight excluding hydrogens is 299 g/mol. The highest BCUT2D eigenvalue weighted by Crippen LogP contribution is 2.35. The van der Waals surface area contributed by atoms with Gasteiger partial charge in [0.2, 0.25) is 0 Å². The Kier molecular flexibility index (Phi) is 4.72. The quantitative estimate of drug-likeness (QED) is 0.633. The van der Waals surface area contributed by atoms with Crippen LogP contribution in [0.15, 0.2) is 18.2 Å². The van der Waals surface area contributed by atoms with Crippen molar-refractivity contribution >= 4 is 5.69 Å². The van der Waals surface area contributed by atoms with Crippen molar-refractivity contribution in [1.29, 1.82) is 0 Å². The zero-order valence-corrected chi connectivity index (χ0v) is 12.4. The Labute approximate surface area is 126 Å². The van der Waals surface area contributed by atoms with E-state index in [1.807, 2.05) is 19.0 Å². The summed E-state index contributed by atoms with van der Waals surface area (Å²) in [6.07, 6.45) is -3.69. The zero-order valence-electron chi connectivity index (χ0n) is 12.4. The Morgan fingerprint density at radius 3 is 2.59 bits per heavy atom. The summed E-state index contributed by atoms with van der Waals surface area (Å²) in [5.74, 6) is 0. The maximum absolute atomic E-state index is 13.1. The van der Waals surface area contributed by atoms with Crippen LogP contribution in [0.3, 0.4) is 0 Å². The summed E-state index contributed by atoms with van der Waals surface area (Å²) in [6, 6.07) is 3.29. The second-order valence-corrected chi connectivity index (χ2v) is 5.74. The molecule has 0 N–H and O–H groups in total. The van der Waals surface area contributed by atoms with Crippen LogP contribution < -0.4 is 0 Å². The first-order valence-corrected chi connectivity index (χ1v) is 6.92. The van der Waals surface area contributed by atoms with E-state index in [0.29, 0.717) is 18.7 Å². The second kappa shape index (κ2) is 6.21. The Bertz CT molecular complexity index is 561. The van der Waals surface area contributed by atoms with E-state index in [0.717, 1.165) is 19.0 Å². The van der Waals surface area contributed by atoms with Crippen molar-refractivity contribution in [3.63, 3.8) is 0 Å². The number of non-ortho nitro benzene ring substituents is 1. The molecular formula is C14H18F3N3O2. The number of nitrogens with zero attached hydrogens (tertiary/aromatic N) is 3. The molecule has 122 valence electrons. The van der Waals surface area contributed by atoms with E-state index >= 15 is 0 Å². The summed E-state index contributed by atoms with van der Waals surface area (Å²) >= 11 is 0. The summed E-state index contributed by atoms with van der Waals surface area (Å²) in [5, 5.41) is 10.7. The van der Waals surface area contributed by atoms with Gasteiger partial charge in [-0.3, -0.25) is 15.0 Å². The van der Waals surface area contributed by atoms with Gasteiger partial charge in [-0.15, -0.1) is 0 Å². The fourth-order valence-corrected chi connectivity index (χ4v) is 2.70. The van der Waals surface area contributed by atoms with Gasteiger partial charge < -0.3 is 4.90 Å². The Morgan fingerprint density at radius 2 is 2.09 bits per heavy atom. The van der Waals surface area contributed by atoms with E-state index < -0.39 is 22.4 Å². The number of hydrogen-bond donors (Lipinski definition) is 0. The second-order valence-electron chi connectivity index (χ2n) is 5.74. The topological polar surface area (TPSA) is 49.6 Å². The predicted molar refractivity (Wildman–Crippen MR) is 75.5 cm³/mol. The summed E-state index contributed by atoms with van der Waals surface area (Å²) in [4.78, 5) is 13.9. The largest absolute Gasteiger partial charge is 0.416 e. The average molecular weight is 317 g/mol. The van der Waals surface area contributed by atoms with Gasteiger partial charge in [-0.2, -0.15) is 13.2 Å². The molecule has 0 amide bonds. The van der Waals surface area contributed by atoms with Gasteiger partial charge in [0, 0.05) is 37.8 Å². The van der Waals surface area contributed by atoms with E-state index in [2.05, 4.69) is 4.90 Å². The monoisotopic (exact) mass is 317 g/mol. The fraction of sp³-hybridized carbons (Fsp3) is 0.571. The number of halogens is 3. The van der Waals surface area contributed by atoms with E-state index in [9.17, 15) is 23.3 Å². The van der Waals surface area contributed by atoms with Gasteiger partial charge in [-0.05, 0) is 26.1 Å². The minimum absolute atomic E-state index is 0.0810. The van der Waals surface area contributed by atoms with Gasteiger partial charge in [0.1, 0.15) is 0 Å². The molecule has 0 saturated carbocycles. The molecule has 1 heterocycles. The van der Waals surface area contributed by atoms with Gasteiger partial charge in [0.05, 0.1) is 10.5 Å².